The summed E-state index contributed by atoms with van der Waals surface area (Å²) in [4.78, 5) is 4.14. The summed E-state index contributed by atoms with van der Waals surface area (Å²) >= 11 is 0. The lowest BCUT2D eigenvalue weighted by Crippen LogP contribution is -2.25. The van der Waals surface area contributed by atoms with E-state index in [9.17, 15) is 0 Å². The molecule has 2 nitrogen and oxygen atoms in total. The maximum absolute atomic E-state index is 4.14. The Morgan fingerprint density at radius 3 is 2.90 bits per heavy atom. The van der Waals surface area contributed by atoms with Gasteiger partial charge in [-0.1, -0.05) is 31.7 Å². The highest BCUT2D eigenvalue weighted by Gasteiger charge is 2.02. The highest BCUT2D eigenvalue weighted by molar-refractivity contribution is 5.81. The van der Waals surface area contributed by atoms with E-state index >= 15 is 0 Å². The van der Waals surface area contributed by atoms with Gasteiger partial charge in [0.1, 0.15) is 0 Å². The largest absolute Gasteiger partial charge is 0.310 e. The molecule has 114 valence electrons. The van der Waals surface area contributed by atoms with Crippen LogP contribution < -0.4 is 5.32 Å². The molecule has 0 aliphatic heterocycles. The van der Waals surface area contributed by atoms with E-state index in [1.807, 2.05) is 12.4 Å². The zero-order valence-electron chi connectivity index (χ0n) is 12.5. The first-order chi connectivity index (χ1) is 9.79. The number of rotatable bonds is 7. The third kappa shape index (κ3) is 5.68. The molecule has 0 aliphatic carbocycles. The minimum Gasteiger partial charge on any atom is -0.310 e. The molecule has 0 amide bonds. The van der Waals surface area contributed by atoms with Gasteiger partial charge in [-0.05, 0) is 56.2 Å². The molecule has 0 bridgehead atoms. The summed E-state index contributed by atoms with van der Waals surface area (Å²) in [5, 5.41) is 6.07. The fraction of sp³-hybridized carbons (Fsp3) is 0.421. The summed E-state index contributed by atoms with van der Waals surface area (Å²) < 4.78 is 0. The van der Waals surface area contributed by atoms with Gasteiger partial charge in [0.05, 0.1) is 0 Å². The monoisotopic (exact) mass is 284 g/mol. The Kier molecular flexibility index (Phi) is 7.70. The van der Waals surface area contributed by atoms with E-state index in [1.165, 1.54) is 35.6 Å². The Hall–Kier alpha value is -1.67. The van der Waals surface area contributed by atoms with Gasteiger partial charge >= 0.3 is 0 Å². The molecule has 2 aromatic rings. The first-order valence-electron chi connectivity index (χ1n) is 7.47. The van der Waals surface area contributed by atoms with E-state index in [-0.39, 0.29) is 7.43 Å². The second-order valence-electron chi connectivity index (χ2n) is 5.34. The van der Waals surface area contributed by atoms with Crippen molar-refractivity contribution >= 4 is 10.8 Å². The zero-order valence-corrected chi connectivity index (χ0v) is 12.5. The summed E-state index contributed by atoms with van der Waals surface area (Å²) in [5.41, 5.74) is 1.34. The second-order valence-corrected chi connectivity index (χ2v) is 5.34. The molecule has 0 unspecified atom stereocenters. The number of hydrogen-bond donors (Lipinski definition) is 1. The molecule has 1 atom stereocenters. The zero-order chi connectivity index (χ0) is 14.2. The molecule has 1 aromatic carbocycles. The quantitative estimate of drug-likeness (QED) is 0.565. The highest BCUT2D eigenvalue weighted by atomic mass is 14.9. The van der Waals surface area contributed by atoms with Crippen molar-refractivity contribution in [3.8, 4) is 0 Å². The van der Waals surface area contributed by atoms with Gasteiger partial charge in [-0.25, -0.2) is 0 Å². The molecule has 0 fully saturated rings. The fourth-order valence-electron chi connectivity index (χ4n) is 2.35. The van der Waals surface area contributed by atoms with Crippen molar-refractivity contribution in [2.24, 2.45) is 0 Å². The molecule has 1 N–H and O–H groups in total. The van der Waals surface area contributed by atoms with Crippen LogP contribution in [0.25, 0.3) is 10.8 Å². The summed E-state index contributed by atoms with van der Waals surface area (Å²) in [5.74, 6) is 0. The van der Waals surface area contributed by atoms with Gasteiger partial charge in [0.25, 0.3) is 0 Å². The number of nitrogens with zero attached hydrogens (tertiary/aromatic N) is 1. The average molecular weight is 284 g/mol. The maximum Gasteiger partial charge on any atom is 0.0346 e. The summed E-state index contributed by atoms with van der Waals surface area (Å²) in [6.07, 6.45) is 11.8. The number of hydrogen-bond acceptors (Lipinski definition) is 2. The van der Waals surface area contributed by atoms with Gasteiger partial charge in [0, 0.05) is 30.4 Å². The second kappa shape index (κ2) is 9.30. The highest BCUT2D eigenvalue weighted by Crippen LogP contribution is 2.14. The number of pyridine rings is 1. The molecule has 0 saturated carbocycles. The fourth-order valence-corrected chi connectivity index (χ4v) is 2.35. The number of fused-ring (bicyclic) bond motifs is 1. The third-order valence-electron chi connectivity index (χ3n) is 3.60. The standard InChI is InChI=1S/C18H24N2.CH4/c1-3-4-5-6-7-15(2)20-13-16-8-9-18-14-19-11-10-17(18)12-16;/h3-4,8-12,14-15,20H,5-7,13H2,1-2H3;1H4/t15-;/m0./s1. The van der Waals surface area contributed by atoms with Crippen molar-refractivity contribution in [1.29, 1.82) is 0 Å². The smallest absolute Gasteiger partial charge is 0.0346 e. The van der Waals surface area contributed by atoms with Crippen LogP contribution in [0.1, 0.15) is 46.1 Å². The number of allylic oxidation sites excluding steroid dienone is 2. The first kappa shape index (κ1) is 17.4. The van der Waals surface area contributed by atoms with Gasteiger partial charge in [-0.15, -0.1) is 0 Å². The molecular formula is C19H28N2. The molecule has 1 aromatic heterocycles. The van der Waals surface area contributed by atoms with Crippen molar-refractivity contribution in [3.05, 3.63) is 54.4 Å². The topological polar surface area (TPSA) is 24.9 Å². The predicted octanol–water partition coefficient (Wildman–Crippen LogP) is 5.10. The average Bonchev–Trinajstić information content (AvgIpc) is 2.49. The van der Waals surface area contributed by atoms with Crippen LogP contribution in [-0.4, -0.2) is 11.0 Å². The van der Waals surface area contributed by atoms with Crippen LogP contribution in [0.2, 0.25) is 0 Å². The SMILES string of the molecule is C.CC=CCCC[C@H](C)NCc1ccc2cnccc2c1. The molecule has 1 heterocycles. The molecule has 0 aliphatic rings. The van der Waals surface area contributed by atoms with Crippen LogP contribution in [0.3, 0.4) is 0 Å². The molecule has 21 heavy (non-hydrogen) atoms. The summed E-state index contributed by atoms with van der Waals surface area (Å²) in [6, 6.07) is 9.21. The number of aromatic nitrogens is 1. The number of unbranched alkanes of at least 4 members (excludes halogenated alkanes) is 1. The van der Waals surface area contributed by atoms with E-state index in [1.54, 1.807) is 0 Å². The Labute approximate surface area is 129 Å². The van der Waals surface area contributed by atoms with Crippen molar-refractivity contribution in [1.82, 2.24) is 10.3 Å². The lowest BCUT2D eigenvalue weighted by atomic mass is 10.1. The first-order valence-corrected chi connectivity index (χ1v) is 7.47. The van der Waals surface area contributed by atoms with Gasteiger partial charge in [-0.3, -0.25) is 4.98 Å². The van der Waals surface area contributed by atoms with Gasteiger partial charge < -0.3 is 5.32 Å². The number of benzene rings is 1. The summed E-state index contributed by atoms with van der Waals surface area (Å²) in [6.45, 7) is 5.28. The van der Waals surface area contributed by atoms with Crippen LogP contribution in [0, 0.1) is 0 Å². The molecule has 2 rings (SSSR count). The Bertz CT molecular complexity index is 560. The van der Waals surface area contributed by atoms with Crippen LogP contribution >= 0.6 is 0 Å². The molecular weight excluding hydrogens is 256 g/mol. The van der Waals surface area contributed by atoms with Crippen LogP contribution in [0.5, 0.6) is 0 Å². The molecule has 2 heteroatoms. The third-order valence-corrected chi connectivity index (χ3v) is 3.60. The van der Waals surface area contributed by atoms with Gasteiger partial charge in [0.2, 0.25) is 0 Å². The molecule has 0 saturated heterocycles. The lowest BCUT2D eigenvalue weighted by Gasteiger charge is -2.13. The van der Waals surface area contributed by atoms with E-state index in [2.05, 4.69) is 60.6 Å². The minimum absolute atomic E-state index is 0. The van der Waals surface area contributed by atoms with Gasteiger partial charge in [0.15, 0.2) is 0 Å². The number of nitrogens with one attached hydrogen (secondary N) is 1. The molecule has 0 radical (unpaired) electrons. The van der Waals surface area contributed by atoms with Crippen LogP contribution in [-0.2, 0) is 6.54 Å². The van der Waals surface area contributed by atoms with Crippen molar-refractivity contribution in [2.75, 3.05) is 0 Å². The maximum atomic E-state index is 4.14. The van der Waals surface area contributed by atoms with E-state index in [4.69, 9.17) is 0 Å². The Balaban J connectivity index is 0.00000220. The summed E-state index contributed by atoms with van der Waals surface area (Å²) in [7, 11) is 0. The predicted molar refractivity (Wildman–Crippen MR) is 93.4 cm³/mol. The van der Waals surface area contributed by atoms with E-state index in [0.717, 1.165) is 6.54 Å². The van der Waals surface area contributed by atoms with Crippen molar-refractivity contribution in [2.45, 2.75) is 53.1 Å². The Morgan fingerprint density at radius 1 is 1.24 bits per heavy atom. The van der Waals surface area contributed by atoms with E-state index in [0.29, 0.717) is 6.04 Å². The van der Waals surface area contributed by atoms with Gasteiger partial charge in [-0.2, -0.15) is 0 Å². The normalized spacial score (nSPS) is 12.5. The van der Waals surface area contributed by atoms with Crippen LogP contribution in [0.15, 0.2) is 48.8 Å². The Morgan fingerprint density at radius 2 is 2.10 bits per heavy atom. The van der Waals surface area contributed by atoms with E-state index < -0.39 is 0 Å². The van der Waals surface area contributed by atoms with Crippen molar-refractivity contribution in [3.63, 3.8) is 0 Å². The molecule has 0 spiro atoms. The minimum atomic E-state index is 0. The van der Waals surface area contributed by atoms with Crippen LogP contribution in [0.4, 0.5) is 0 Å². The van der Waals surface area contributed by atoms with Crippen molar-refractivity contribution < 1.29 is 0 Å². The lowest BCUT2D eigenvalue weighted by molar-refractivity contribution is 0.500.